The molecule has 2 aromatic heterocycles. The summed E-state index contributed by atoms with van der Waals surface area (Å²) in [5.41, 5.74) is 24.9. The highest BCUT2D eigenvalue weighted by Crippen LogP contribution is 2.51. The van der Waals surface area contributed by atoms with E-state index in [0.717, 1.165) is 33.3 Å². The number of rotatable bonds is 5. The van der Waals surface area contributed by atoms with Crippen molar-refractivity contribution in [2.75, 3.05) is 4.90 Å². The summed E-state index contributed by atoms with van der Waals surface area (Å²) < 4.78 is 9.50. The smallest absolute Gasteiger partial charge is 0.253 e. The standard InChI is InChI=1S/C68H53BN2O/c1-67(2,3)47-36-46(37-48(39-47)68(4,5)6)51-28-18-27-50(44-24-14-9-15-25-44)65(51)71-58-30-19-29-57-64(58)69(56-41-62-55(40-60(56)71)53-26-16-17-31-61(53)72-62)63-49(43-22-12-8-13-23-43)34-35-54-52-33-32-45(42-20-10-7-11-21-42)38-59(52)70(57)66(54)63/h7-41H,1-6H3. The van der Waals surface area contributed by atoms with Crippen molar-refractivity contribution in [1.29, 1.82) is 0 Å². The second kappa shape index (κ2) is 15.6. The van der Waals surface area contributed by atoms with Crippen LogP contribution in [0.15, 0.2) is 217 Å². The van der Waals surface area contributed by atoms with Gasteiger partial charge >= 0.3 is 0 Å². The molecule has 0 atom stereocenters. The van der Waals surface area contributed by atoms with E-state index in [4.69, 9.17) is 4.42 Å². The Morgan fingerprint density at radius 2 is 0.972 bits per heavy atom. The van der Waals surface area contributed by atoms with Crippen LogP contribution in [0, 0.1) is 0 Å². The van der Waals surface area contributed by atoms with Crippen LogP contribution in [0.4, 0.5) is 17.1 Å². The minimum Gasteiger partial charge on any atom is -0.456 e. The van der Waals surface area contributed by atoms with Gasteiger partial charge in [-0.2, -0.15) is 0 Å². The van der Waals surface area contributed by atoms with Crippen molar-refractivity contribution in [1.82, 2.24) is 4.57 Å². The highest BCUT2D eigenvalue weighted by atomic mass is 16.3. The maximum atomic E-state index is 6.90. The van der Waals surface area contributed by atoms with Gasteiger partial charge in [0.1, 0.15) is 11.2 Å². The number of fused-ring (bicyclic) bond motifs is 10. The monoisotopic (exact) mass is 924 g/mol. The molecule has 0 N–H and O–H groups in total. The topological polar surface area (TPSA) is 21.3 Å². The number of nitrogens with zero attached hydrogens (tertiary/aromatic N) is 2. The zero-order valence-electron chi connectivity index (χ0n) is 41.6. The van der Waals surface area contributed by atoms with Crippen molar-refractivity contribution in [3.05, 3.63) is 223 Å². The van der Waals surface area contributed by atoms with Crippen LogP contribution in [0.5, 0.6) is 0 Å². The largest absolute Gasteiger partial charge is 0.456 e. The summed E-state index contributed by atoms with van der Waals surface area (Å²) in [6.07, 6.45) is 0. The van der Waals surface area contributed by atoms with Crippen molar-refractivity contribution in [2.45, 2.75) is 52.4 Å². The Labute approximate surface area is 421 Å². The molecule has 14 rings (SSSR count). The van der Waals surface area contributed by atoms with Crippen LogP contribution in [-0.2, 0) is 10.8 Å². The Morgan fingerprint density at radius 3 is 1.67 bits per heavy atom. The maximum Gasteiger partial charge on any atom is 0.253 e. The molecule has 0 amide bonds. The third-order valence-electron chi connectivity index (χ3n) is 15.7. The van der Waals surface area contributed by atoms with Gasteiger partial charge < -0.3 is 13.9 Å². The van der Waals surface area contributed by atoms with E-state index < -0.39 is 0 Å². The van der Waals surface area contributed by atoms with E-state index >= 15 is 0 Å². The molecule has 0 aliphatic carbocycles. The lowest BCUT2D eigenvalue weighted by Gasteiger charge is -2.42. The van der Waals surface area contributed by atoms with Crippen LogP contribution >= 0.6 is 0 Å². The van der Waals surface area contributed by atoms with Gasteiger partial charge in [0, 0.05) is 55.3 Å². The number of furan rings is 1. The van der Waals surface area contributed by atoms with Gasteiger partial charge in [-0.25, -0.2) is 0 Å². The van der Waals surface area contributed by atoms with Gasteiger partial charge in [-0.1, -0.05) is 217 Å². The molecule has 0 spiro atoms. The number of para-hydroxylation sites is 2. The molecule has 72 heavy (non-hydrogen) atoms. The lowest BCUT2D eigenvalue weighted by atomic mass is 9.33. The number of benzene rings is 10. The predicted molar refractivity (Wildman–Crippen MR) is 307 cm³/mol. The number of aromatic nitrogens is 1. The molecule has 2 aliphatic heterocycles. The lowest BCUT2D eigenvalue weighted by molar-refractivity contribution is 0.569. The number of anilines is 3. The molecule has 344 valence electrons. The van der Waals surface area contributed by atoms with Crippen LogP contribution in [-0.4, -0.2) is 11.3 Å². The van der Waals surface area contributed by atoms with Gasteiger partial charge in [0.15, 0.2) is 0 Å². The lowest BCUT2D eigenvalue weighted by Crippen LogP contribution is -2.61. The maximum absolute atomic E-state index is 6.90. The first-order valence-corrected chi connectivity index (χ1v) is 25.4. The molecular weight excluding hydrogens is 872 g/mol. The quantitative estimate of drug-likeness (QED) is 0.160. The van der Waals surface area contributed by atoms with Crippen LogP contribution in [0.1, 0.15) is 52.7 Å². The molecule has 0 radical (unpaired) electrons. The number of hydrogen-bond donors (Lipinski definition) is 0. The fourth-order valence-corrected chi connectivity index (χ4v) is 12.1. The predicted octanol–water partition coefficient (Wildman–Crippen LogP) is 16.6. The molecule has 4 heterocycles. The Kier molecular flexibility index (Phi) is 9.21. The van der Waals surface area contributed by atoms with Crippen molar-refractivity contribution < 1.29 is 4.42 Å². The van der Waals surface area contributed by atoms with Gasteiger partial charge in [0.25, 0.3) is 6.71 Å². The first-order valence-electron chi connectivity index (χ1n) is 25.4. The van der Waals surface area contributed by atoms with Crippen molar-refractivity contribution in [2.24, 2.45) is 0 Å². The summed E-state index contributed by atoms with van der Waals surface area (Å²) in [4.78, 5) is 2.64. The first kappa shape index (κ1) is 42.5. The van der Waals surface area contributed by atoms with Gasteiger partial charge in [0.2, 0.25) is 0 Å². The van der Waals surface area contributed by atoms with Gasteiger partial charge in [-0.15, -0.1) is 0 Å². The van der Waals surface area contributed by atoms with Crippen LogP contribution in [0.2, 0.25) is 0 Å². The SMILES string of the molecule is CC(C)(C)c1cc(-c2cccc(-c3ccccc3)c2N2c3cc4c(cc3B3c5c2cccc5-n2c5cc(-c6ccccc6)ccc5c5ccc(-c6ccccc6)c3c52)oc2ccccc24)cc(C(C)(C)C)c1. The average Bonchev–Trinajstić information content (AvgIpc) is 3.94. The zero-order valence-corrected chi connectivity index (χ0v) is 41.6. The molecule has 0 unspecified atom stereocenters. The summed E-state index contributed by atoms with van der Waals surface area (Å²) in [6, 6.07) is 79.4. The molecule has 0 fully saturated rings. The summed E-state index contributed by atoms with van der Waals surface area (Å²) >= 11 is 0. The molecular formula is C68H53BN2O. The molecule has 0 bridgehead atoms. The van der Waals surface area contributed by atoms with E-state index in [-0.39, 0.29) is 17.5 Å². The molecule has 12 aromatic rings. The van der Waals surface area contributed by atoms with E-state index in [2.05, 4.69) is 263 Å². The molecule has 3 nitrogen and oxygen atoms in total. The zero-order chi connectivity index (χ0) is 48.6. The average molecular weight is 925 g/mol. The van der Waals surface area contributed by atoms with E-state index in [1.807, 2.05) is 0 Å². The molecule has 4 heteroatoms. The van der Waals surface area contributed by atoms with Gasteiger partial charge in [0.05, 0.1) is 11.2 Å². The molecule has 0 saturated carbocycles. The van der Waals surface area contributed by atoms with Gasteiger partial charge in [-0.3, -0.25) is 0 Å². The van der Waals surface area contributed by atoms with E-state index in [0.29, 0.717) is 0 Å². The Balaban J connectivity index is 1.16. The minimum atomic E-state index is -0.131. The van der Waals surface area contributed by atoms with Crippen LogP contribution in [0.3, 0.4) is 0 Å². The third-order valence-corrected chi connectivity index (χ3v) is 15.7. The van der Waals surface area contributed by atoms with Crippen LogP contribution in [0.25, 0.3) is 93.9 Å². The van der Waals surface area contributed by atoms with Crippen molar-refractivity contribution in [3.63, 3.8) is 0 Å². The van der Waals surface area contributed by atoms with E-state index in [1.54, 1.807) is 0 Å². The summed E-state index contributed by atoms with van der Waals surface area (Å²) in [6.45, 7) is 13.9. The Hall–Kier alpha value is -8.34. The summed E-state index contributed by atoms with van der Waals surface area (Å²) in [7, 11) is 0. The fraction of sp³-hybridized carbons (Fsp3) is 0.118. The van der Waals surface area contributed by atoms with Crippen molar-refractivity contribution >= 4 is 83.9 Å². The Morgan fingerprint density at radius 1 is 0.375 bits per heavy atom. The molecule has 2 aliphatic rings. The van der Waals surface area contributed by atoms with E-state index in [9.17, 15) is 0 Å². The molecule has 0 saturated heterocycles. The summed E-state index contributed by atoms with van der Waals surface area (Å²) in [5.74, 6) is 0. The fourth-order valence-electron chi connectivity index (χ4n) is 12.1. The third kappa shape index (κ3) is 6.38. The molecule has 10 aromatic carbocycles. The van der Waals surface area contributed by atoms with Crippen LogP contribution < -0.4 is 21.3 Å². The summed E-state index contributed by atoms with van der Waals surface area (Å²) in [5, 5.41) is 4.73. The highest BCUT2D eigenvalue weighted by molar-refractivity contribution is 7.01. The van der Waals surface area contributed by atoms with Gasteiger partial charge in [-0.05, 0) is 108 Å². The number of hydrogen-bond acceptors (Lipinski definition) is 2. The highest BCUT2D eigenvalue weighted by Gasteiger charge is 2.45. The second-order valence-electron chi connectivity index (χ2n) is 22.1. The normalized spacial score (nSPS) is 13.1. The van der Waals surface area contributed by atoms with E-state index in [1.165, 1.54) is 105 Å². The Bertz CT molecular complexity index is 4140. The second-order valence-corrected chi connectivity index (χ2v) is 22.1. The minimum absolute atomic E-state index is 0.0697. The van der Waals surface area contributed by atoms with Crippen molar-refractivity contribution in [3.8, 4) is 50.2 Å². The first-order chi connectivity index (χ1) is 35.0.